The molecule has 1 N–H and O–H groups in total. The van der Waals surface area contributed by atoms with E-state index >= 15 is 0 Å². The van der Waals surface area contributed by atoms with Crippen molar-refractivity contribution in [1.29, 1.82) is 0 Å². The van der Waals surface area contributed by atoms with Crippen LogP contribution in [0.15, 0.2) is 41.4 Å². The van der Waals surface area contributed by atoms with Crippen molar-refractivity contribution in [2.75, 3.05) is 10.2 Å². The van der Waals surface area contributed by atoms with Crippen LogP contribution in [0.4, 0.5) is 17.1 Å². The average Bonchev–Trinajstić information content (AvgIpc) is 2.60. The number of nitrogens with zero attached hydrogens (tertiary/aromatic N) is 2. The van der Waals surface area contributed by atoms with E-state index in [1.165, 1.54) is 23.7 Å². The number of aryl methyl sites for hydroxylation is 1. The third-order valence-corrected chi connectivity index (χ3v) is 5.72. The normalized spacial score (nSPS) is 18.2. The Morgan fingerprint density at radius 1 is 1.24 bits per heavy atom. The fourth-order valence-electron chi connectivity index (χ4n) is 4.71. The Hall–Kier alpha value is -2.62. The summed E-state index contributed by atoms with van der Waals surface area (Å²) in [7, 11) is 0. The molecule has 0 aromatic heterocycles. The van der Waals surface area contributed by atoms with Crippen molar-refractivity contribution in [2.45, 2.75) is 72.4 Å². The second-order valence-corrected chi connectivity index (χ2v) is 9.14. The first-order chi connectivity index (χ1) is 13.6. The van der Waals surface area contributed by atoms with Gasteiger partial charge in [0, 0.05) is 36.1 Å². The molecule has 2 aromatic rings. The van der Waals surface area contributed by atoms with Gasteiger partial charge in [-0.25, -0.2) is 0 Å². The Bertz CT molecular complexity index is 926. The lowest BCUT2D eigenvalue weighted by atomic mass is 9.78. The van der Waals surface area contributed by atoms with Gasteiger partial charge in [-0.2, -0.15) is 0 Å². The smallest absolute Gasteiger partial charge is 0.221 e. The number of rotatable bonds is 4. The molecule has 1 amide bonds. The zero-order valence-electron chi connectivity index (χ0n) is 18.7. The van der Waals surface area contributed by atoms with Gasteiger partial charge in [0.1, 0.15) is 0 Å². The van der Waals surface area contributed by atoms with Crippen LogP contribution in [-0.4, -0.2) is 23.7 Å². The molecule has 4 nitrogen and oxygen atoms in total. The second-order valence-electron chi connectivity index (χ2n) is 9.14. The standard InChI is InChI=1S/C25H33N3O/c1-16(2)28-24-12-17(3)20(13-23(24)18(4)14-25(28,6)7)15-26-21-8-10-22(11-9-21)27-19(5)29/h8-13,15-16,18H,14H2,1-7H3,(H,27,29). The Balaban J connectivity index is 1.91. The molecule has 1 atom stereocenters. The molecule has 0 saturated carbocycles. The van der Waals surface area contributed by atoms with Gasteiger partial charge in [-0.05, 0) is 100 Å². The van der Waals surface area contributed by atoms with E-state index in [0.717, 1.165) is 23.4 Å². The predicted octanol–water partition coefficient (Wildman–Crippen LogP) is 6.20. The number of amides is 1. The van der Waals surface area contributed by atoms with Crippen LogP contribution in [0.1, 0.15) is 70.6 Å². The number of hydrogen-bond acceptors (Lipinski definition) is 3. The number of carbonyl (C=O) groups is 1. The molecule has 1 unspecified atom stereocenters. The topological polar surface area (TPSA) is 44.7 Å². The van der Waals surface area contributed by atoms with Gasteiger partial charge in [0.15, 0.2) is 0 Å². The van der Waals surface area contributed by atoms with Crippen molar-refractivity contribution in [2.24, 2.45) is 4.99 Å². The van der Waals surface area contributed by atoms with E-state index in [-0.39, 0.29) is 11.4 Å². The molecule has 0 radical (unpaired) electrons. The lowest BCUT2D eigenvalue weighted by molar-refractivity contribution is -0.114. The summed E-state index contributed by atoms with van der Waals surface area (Å²) in [4.78, 5) is 18.4. The predicted molar refractivity (Wildman–Crippen MR) is 124 cm³/mol. The van der Waals surface area contributed by atoms with Gasteiger partial charge in [-0.15, -0.1) is 0 Å². The van der Waals surface area contributed by atoms with Crippen LogP contribution in [-0.2, 0) is 4.79 Å². The number of anilines is 2. The van der Waals surface area contributed by atoms with Crippen molar-refractivity contribution in [3.05, 3.63) is 53.1 Å². The molecule has 2 aromatic carbocycles. The van der Waals surface area contributed by atoms with E-state index in [9.17, 15) is 4.79 Å². The van der Waals surface area contributed by atoms with Gasteiger partial charge in [-0.3, -0.25) is 9.79 Å². The molecule has 3 rings (SSSR count). The summed E-state index contributed by atoms with van der Waals surface area (Å²) in [5.41, 5.74) is 6.96. The number of fused-ring (bicyclic) bond motifs is 1. The van der Waals surface area contributed by atoms with Gasteiger partial charge in [0.2, 0.25) is 5.91 Å². The molecule has 1 heterocycles. The Kier molecular flexibility index (Phi) is 5.83. The zero-order valence-corrected chi connectivity index (χ0v) is 18.7. The Morgan fingerprint density at radius 3 is 2.48 bits per heavy atom. The van der Waals surface area contributed by atoms with Crippen LogP contribution in [0.25, 0.3) is 0 Å². The highest BCUT2D eigenvalue weighted by atomic mass is 16.1. The van der Waals surface area contributed by atoms with Gasteiger partial charge in [0.05, 0.1) is 5.69 Å². The highest BCUT2D eigenvalue weighted by Gasteiger charge is 2.37. The lowest BCUT2D eigenvalue weighted by Crippen LogP contribution is -2.51. The van der Waals surface area contributed by atoms with Crippen LogP contribution in [0.2, 0.25) is 0 Å². The van der Waals surface area contributed by atoms with Crippen LogP contribution in [0.5, 0.6) is 0 Å². The maximum atomic E-state index is 11.2. The highest BCUT2D eigenvalue weighted by molar-refractivity contribution is 5.89. The first-order valence-electron chi connectivity index (χ1n) is 10.4. The Morgan fingerprint density at radius 2 is 1.90 bits per heavy atom. The fraction of sp³-hybridized carbons (Fsp3) is 0.440. The van der Waals surface area contributed by atoms with Gasteiger partial charge >= 0.3 is 0 Å². The molecule has 0 fully saturated rings. The van der Waals surface area contributed by atoms with Crippen LogP contribution >= 0.6 is 0 Å². The minimum Gasteiger partial charge on any atom is -0.364 e. The molecular weight excluding hydrogens is 358 g/mol. The number of aliphatic imine (C=N–C) groups is 1. The van der Waals surface area contributed by atoms with Crippen molar-refractivity contribution in [3.8, 4) is 0 Å². The first-order valence-corrected chi connectivity index (χ1v) is 10.4. The largest absolute Gasteiger partial charge is 0.364 e. The second kappa shape index (κ2) is 8.02. The molecule has 0 spiro atoms. The summed E-state index contributed by atoms with van der Waals surface area (Å²) in [6.07, 6.45) is 3.09. The third-order valence-electron chi connectivity index (χ3n) is 5.72. The van der Waals surface area contributed by atoms with Gasteiger partial charge < -0.3 is 10.2 Å². The minimum atomic E-state index is -0.0707. The molecule has 1 aliphatic heterocycles. The van der Waals surface area contributed by atoms with Crippen molar-refractivity contribution < 1.29 is 4.79 Å². The van der Waals surface area contributed by atoms with Crippen LogP contribution in [0, 0.1) is 6.92 Å². The third kappa shape index (κ3) is 4.52. The molecule has 0 bridgehead atoms. The summed E-state index contributed by atoms with van der Waals surface area (Å²) in [6.45, 7) is 15.2. The van der Waals surface area contributed by atoms with Gasteiger partial charge in [0.25, 0.3) is 0 Å². The molecule has 0 aliphatic carbocycles. The molecule has 4 heteroatoms. The molecule has 1 aliphatic rings. The van der Waals surface area contributed by atoms with Crippen molar-refractivity contribution in [3.63, 3.8) is 0 Å². The van der Waals surface area contributed by atoms with Gasteiger partial charge in [-0.1, -0.05) is 6.92 Å². The highest BCUT2D eigenvalue weighted by Crippen LogP contribution is 2.45. The number of hydrogen-bond donors (Lipinski definition) is 1. The number of benzene rings is 2. The maximum absolute atomic E-state index is 11.2. The number of carbonyl (C=O) groups excluding carboxylic acids is 1. The van der Waals surface area contributed by atoms with E-state index in [2.05, 4.69) is 68.9 Å². The van der Waals surface area contributed by atoms with Crippen LogP contribution < -0.4 is 10.2 Å². The fourth-order valence-corrected chi connectivity index (χ4v) is 4.71. The average molecular weight is 392 g/mol. The quantitative estimate of drug-likeness (QED) is 0.630. The summed E-state index contributed by atoms with van der Waals surface area (Å²) >= 11 is 0. The molecule has 154 valence electrons. The summed E-state index contributed by atoms with van der Waals surface area (Å²) in [5, 5.41) is 2.78. The monoisotopic (exact) mass is 391 g/mol. The minimum absolute atomic E-state index is 0.0707. The maximum Gasteiger partial charge on any atom is 0.221 e. The van der Waals surface area contributed by atoms with E-state index in [1.807, 2.05) is 30.5 Å². The summed E-state index contributed by atoms with van der Waals surface area (Å²) in [5.74, 6) is 0.443. The lowest BCUT2D eigenvalue weighted by Gasteiger charge is -2.50. The van der Waals surface area contributed by atoms with Crippen molar-refractivity contribution >= 4 is 29.2 Å². The van der Waals surface area contributed by atoms with Crippen LogP contribution in [0.3, 0.4) is 0 Å². The summed E-state index contributed by atoms with van der Waals surface area (Å²) in [6, 6.07) is 12.7. The van der Waals surface area contributed by atoms with E-state index in [1.54, 1.807) is 0 Å². The SMILES string of the molecule is CC(=O)Nc1ccc(N=Cc2cc3c(cc2C)N(C(C)C)C(C)(C)CC3C)cc1. The first kappa shape index (κ1) is 21.1. The van der Waals surface area contributed by atoms with E-state index in [4.69, 9.17) is 0 Å². The van der Waals surface area contributed by atoms with E-state index in [0.29, 0.717) is 12.0 Å². The van der Waals surface area contributed by atoms with Crippen molar-refractivity contribution in [1.82, 2.24) is 0 Å². The zero-order chi connectivity index (χ0) is 21.3. The number of nitrogens with one attached hydrogen (secondary N) is 1. The Labute approximate surface area is 175 Å². The molecular formula is C25H33N3O. The summed E-state index contributed by atoms with van der Waals surface area (Å²) < 4.78 is 0. The molecule has 29 heavy (non-hydrogen) atoms. The molecule has 0 saturated heterocycles. The van der Waals surface area contributed by atoms with E-state index < -0.39 is 0 Å².